The Morgan fingerprint density at radius 1 is 0.971 bits per heavy atom. The predicted octanol–water partition coefficient (Wildman–Crippen LogP) is 4.09. The molecule has 8 nitrogen and oxygen atoms in total. The number of para-hydroxylation sites is 1. The van der Waals surface area contributed by atoms with Crippen LogP contribution in [0.1, 0.15) is 11.3 Å². The number of aryl methyl sites for hydroxylation is 1. The average molecular weight is 484 g/mol. The van der Waals surface area contributed by atoms with Gasteiger partial charge in [0.15, 0.2) is 11.0 Å². The van der Waals surface area contributed by atoms with Gasteiger partial charge in [0, 0.05) is 23.5 Å². The van der Waals surface area contributed by atoms with Gasteiger partial charge in [0.1, 0.15) is 12.3 Å². The number of esters is 1. The molecule has 0 bridgehead atoms. The maximum Gasteiger partial charge on any atom is 0.316 e. The first-order valence-electron chi connectivity index (χ1n) is 10.9. The minimum absolute atomic E-state index is 0.0331. The lowest BCUT2D eigenvalue weighted by molar-refractivity contribution is -0.141. The van der Waals surface area contributed by atoms with Crippen molar-refractivity contribution in [3.8, 4) is 17.1 Å². The van der Waals surface area contributed by atoms with E-state index in [1.165, 1.54) is 22.2 Å². The molecule has 2 aromatic carbocycles. The van der Waals surface area contributed by atoms with E-state index >= 15 is 0 Å². The van der Waals surface area contributed by atoms with E-state index in [2.05, 4.69) is 15.2 Å². The number of fused-ring (bicyclic) bond motifs is 1. The third-order valence-electron chi connectivity index (χ3n) is 5.32. The first-order chi connectivity index (χ1) is 17.1. The number of thioether (sulfide) groups is 1. The van der Waals surface area contributed by atoms with E-state index in [-0.39, 0.29) is 17.9 Å². The molecule has 0 radical (unpaired) electrons. The number of aromatic nitrogens is 5. The van der Waals surface area contributed by atoms with E-state index in [4.69, 9.17) is 4.74 Å². The second-order valence-corrected chi connectivity index (χ2v) is 8.71. The molecule has 0 saturated carbocycles. The van der Waals surface area contributed by atoms with Gasteiger partial charge >= 0.3 is 5.97 Å². The summed E-state index contributed by atoms with van der Waals surface area (Å²) in [5, 5.41) is 9.27. The summed E-state index contributed by atoms with van der Waals surface area (Å²) in [4.78, 5) is 29.3. The summed E-state index contributed by atoms with van der Waals surface area (Å²) in [7, 11) is 0. The number of pyridine rings is 1. The van der Waals surface area contributed by atoms with Crippen molar-refractivity contribution in [1.82, 2.24) is 24.1 Å². The Labute approximate surface area is 205 Å². The van der Waals surface area contributed by atoms with Crippen molar-refractivity contribution in [2.24, 2.45) is 0 Å². The Bertz CT molecular complexity index is 1550. The summed E-state index contributed by atoms with van der Waals surface area (Å²) in [5.41, 5.74) is 3.41. The number of rotatable bonds is 7. The second-order valence-electron chi connectivity index (χ2n) is 7.76. The van der Waals surface area contributed by atoms with E-state index in [0.29, 0.717) is 22.3 Å². The Kier molecular flexibility index (Phi) is 6.40. The predicted molar refractivity (Wildman–Crippen MR) is 134 cm³/mol. The Morgan fingerprint density at radius 2 is 1.71 bits per heavy atom. The van der Waals surface area contributed by atoms with Crippen LogP contribution in [0.15, 0.2) is 95.0 Å². The van der Waals surface area contributed by atoms with E-state index in [0.717, 1.165) is 16.8 Å². The molecule has 3 aromatic heterocycles. The normalized spacial score (nSPS) is 11.0. The van der Waals surface area contributed by atoms with Crippen molar-refractivity contribution in [2.45, 2.75) is 18.7 Å². The van der Waals surface area contributed by atoms with E-state index in [9.17, 15) is 9.59 Å². The Balaban J connectivity index is 1.32. The molecule has 9 heteroatoms. The lowest BCUT2D eigenvalue weighted by Gasteiger charge is -2.10. The summed E-state index contributed by atoms with van der Waals surface area (Å²) in [6.07, 6.45) is 1.66. The topological polar surface area (TPSA) is 91.4 Å². The molecule has 3 heterocycles. The molecule has 0 aliphatic rings. The molecule has 5 aromatic rings. The SMILES string of the molecule is Cc1cccn2c(=O)cc(COC(=O)CSc3nnc(-c4ccccc4)n3-c3ccccc3)nc12. The van der Waals surface area contributed by atoms with Gasteiger partial charge in [0.05, 0.1) is 11.4 Å². The van der Waals surface area contributed by atoms with Crippen molar-refractivity contribution >= 4 is 23.4 Å². The molecule has 0 atom stereocenters. The minimum atomic E-state index is -0.439. The van der Waals surface area contributed by atoms with E-state index < -0.39 is 5.97 Å². The maximum absolute atomic E-state index is 12.5. The summed E-state index contributed by atoms with van der Waals surface area (Å²) < 4.78 is 8.79. The highest BCUT2D eigenvalue weighted by Crippen LogP contribution is 2.27. The van der Waals surface area contributed by atoms with Crippen LogP contribution < -0.4 is 5.56 Å². The highest BCUT2D eigenvalue weighted by Gasteiger charge is 2.17. The number of carbonyl (C=O) groups is 1. The lowest BCUT2D eigenvalue weighted by atomic mass is 10.2. The summed E-state index contributed by atoms with van der Waals surface area (Å²) in [5.74, 6) is 0.278. The average Bonchev–Trinajstić information content (AvgIpc) is 3.32. The fourth-order valence-corrected chi connectivity index (χ4v) is 4.40. The van der Waals surface area contributed by atoms with Gasteiger partial charge in [-0.2, -0.15) is 0 Å². The molecular weight excluding hydrogens is 462 g/mol. The minimum Gasteiger partial charge on any atom is -0.459 e. The van der Waals surface area contributed by atoms with Crippen molar-refractivity contribution in [1.29, 1.82) is 0 Å². The maximum atomic E-state index is 12.5. The van der Waals surface area contributed by atoms with Crippen LogP contribution in [-0.4, -0.2) is 35.9 Å². The largest absolute Gasteiger partial charge is 0.459 e. The van der Waals surface area contributed by atoms with Gasteiger partial charge in [-0.3, -0.25) is 18.6 Å². The summed E-state index contributed by atoms with van der Waals surface area (Å²) >= 11 is 1.24. The molecule has 35 heavy (non-hydrogen) atoms. The van der Waals surface area contributed by atoms with Gasteiger partial charge < -0.3 is 4.74 Å². The quantitative estimate of drug-likeness (QED) is 0.254. The molecule has 0 amide bonds. The number of hydrogen-bond acceptors (Lipinski definition) is 7. The fourth-order valence-electron chi connectivity index (χ4n) is 3.65. The molecule has 0 N–H and O–H groups in total. The Hall–Kier alpha value is -4.24. The van der Waals surface area contributed by atoms with Gasteiger partial charge in [-0.15, -0.1) is 10.2 Å². The number of carbonyl (C=O) groups excluding carboxylic acids is 1. The van der Waals surface area contributed by atoms with Crippen molar-refractivity contribution in [3.63, 3.8) is 0 Å². The van der Waals surface area contributed by atoms with Gasteiger partial charge in [-0.25, -0.2) is 4.98 Å². The van der Waals surface area contributed by atoms with Gasteiger partial charge in [-0.1, -0.05) is 66.4 Å². The van der Waals surface area contributed by atoms with Gasteiger partial charge in [0.25, 0.3) is 5.56 Å². The molecule has 0 unspecified atom stereocenters. The monoisotopic (exact) mass is 483 g/mol. The highest BCUT2D eigenvalue weighted by molar-refractivity contribution is 7.99. The summed E-state index contributed by atoms with van der Waals surface area (Å²) in [6, 6.07) is 24.5. The lowest BCUT2D eigenvalue weighted by Crippen LogP contribution is -2.17. The molecule has 0 aliphatic carbocycles. The van der Waals surface area contributed by atoms with Crippen LogP contribution in [0.4, 0.5) is 0 Å². The van der Waals surface area contributed by atoms with Crippen LogP contribution >= 0.6 is 11.8 Å². The second kappa shape index (κ2) is 9.94. The van der Waals surface area contributed by atoms with E-state index in [1.807, 2.05) is 78.2 Å². The van der Waals surface area contributed by atoms with Gasteiger partial charge in [-0.05, 0) is 30.7 Å². The molecule has 0 saturated heterocycles. The fraction of sp³-hybridized carbons (Fsp3) is 0.115. The van der Waals surface area contributed by atoms with Crippen LogP contribution in [0.25, 0.3) is 22.7 Å². The summed E-state index contributed by atoms with van der Waals surface area (Å²) in [6.45, 7) is 1.79. The highest BCUT2D eigenvalue weighted by atomic mass is 32.2. The van der Waals surface area contributed by atoms with Crippen LogP contribution in [0.5, 0.6) is 0 Å². The molecule has 0 fully saturated rings. The number of hydrogen-bond donors (Lipinski definition) is 0. The number of nitrogens with zero attached hydrogens (tertiary/aromatic N) is 5. The molecular formula is C26H21N5O3S. The Morgan fingerprint density at radius 3 is 2.49 bits per heavy atom. The van der Waals surface area contributed by atoms with E-state index in [1.54, 1.807) is 12.3 Å². The zero-order chi connectivity index (χ0) is 24.2. The zero-order valence-electron chi connectivity index (χ0n) is 18.9. The number of ether oxygens (including phenoxy) is 1. The van der Waals surface area contributed by atoms with Crippen molar-refractivity contribution < 1.29 is 9.53 Å². The first kappa shape index (κ1) is 22.5. The van der Waals surface area contributed by atoms with Crippen molar-refractivity contribution in [3.05, 3.63) is 107 Å². The molecule has 0 spiro atoms. The first-order valence-corrected chi connectivity index (χ1v) is 11.9. The molecule has 0 aliphatic heterocycles. The number of benzene rings is 2. The van der Waals surface area contributed by atoms with Crippen LogP contribution in [0, 0.1) is 6.92 Å². The third kappa shape index (κ3) is 4.85. The smallest absolute Gasteiger partial charge is 0.316 e. The molecule has 5 rings (SSSR count). The van der Waals surface area contributed by atoms with Crippen molar-refractivity contribution in [2.75, 3.05) is 5.75 Å². The third-order valence-corrected chi connectivity index (χ3v) is 6.22. The van der Waals surface area contributed by atoms with Crippen LogP contribution in [-0.2, 0) is 16.1 Å². The van der Waals surface area contributed by atoms with Crippen LogP contribution in [0.2, 0.25) is 0 Å². The standard InChI is InChI=1S/C26H21N5O3S/c1-18-9-8-14-30-22(32)15-20(27-24(18)30)16-34-23(33)17-35-26-29-28-25(19-10-4-2-5-11-19)31(26)21-12-6-3-7-13-21/h2-15H,16-17H2,1H3. The van der Waals surface area contributed by atoms with Gasteiger partial charge in [0.2, 0.25) is 0 Å². The van der Waals surface area contributed by atoms with Crippen LogP contribution in [0.3, 0.4) is 0 Å². The zero-order valence-corrected chi connectivity index (χ0v) is 19.7. The molecule has 174 valence electrons.